The standard InChI is InChI=1S/C24H29NO4/c1-4-25-16-8-6-10-18(26)23(16)22(24-17(25)9-7-11-19(24)27)15-12-13-20(29-5-2)21(14-15)28-3/h12-14,22H,4-11H2,1-3H3. The third-order valence-corrected chi connectivity index (χ3v) is 6.22. The van der Waals surface area contributed by atoms with E-state index in [4.69, 9.17) is 9.47 Å². The molecule has 0 amide bonds. The zero-order valence-corrected chi connectivity index (χ0v) is 17.5. The molecule has 0 atom stereocenters. The van der Waals surface area contributed by atoms with Gasteiger partial charge in [-0.15, -0.1) is 0 Å². The number of nitrogens with zero attached hydrogens (tertiary/aromatic N) is 1. The van der Waals surface area contributed by atoms with Crippen molar-refractivity contribution in [2.75, 3.05) is 20.3 Å². The second-order valence-electron chi connectivity index (χ2n) is 7.79. The lowest BCUT2D eigenvalue weighted by atomic mass is 9.71. The zero-order valence-electron chi connectivity index (χ0n) is 17.5. The fourth-order valence-electron chi connectivity index (χ4n) is 5.07. The number of allylic oxidation sites excluding steroid dienone is 4. The second-order valence-corrected chi connectivity index (χ2v) is 7.79. The summed E-state index contributed by atoms with van der Waals surface area (Å²) in [6.45, 7) is 5.38. The highest BCUT2D eigenvalue weighted by atomic mass is 16.5. The molecule has 0 spiro atoms. The first-order chi connectivity index (χ1) is 14.1. The first-order valence-electron chi connectivity index (χ1n) is 10.7. The molecule has 0 N–H and O–H groups in total. The third kappa shape index (κ3) is 3.26. The molecule has 0 saturated carbocycles. The molecule has 1 aromatic rings. The maximum absolute atomic E-state index is 13.1. The van der Waals surface area contributed by atoms with Gasteiger partial charge in [0, 0.05) is 47.8 Å². The topological polar surface area (TPSA) is 55.8 Å². The van der Waals surface area contributed by atoms with Gasteiger partial charge >= 0.3 is 0 Å². The van der Waals surface area contributed by atoms with Gasteiger partial charge in [-0.25, -0.2) is 0 Å². The minimum atomic E-state index is -0.298. The molecule has 2 aliphatic carbocycles. The normalized spacial score (nSPS) is 20.0. The van der Waals surface area contributed by atoms with Gasteiger partial charge in [0.25, 0.3) is 0 Å². The molecule has 5 heteroatoms. The molecule has 1 aromatic carbocycles. The van der Waals surface area contributed by atoms with Gasteiger partial charge < -0.3 is 14.4 Å². The molecule has 154 valence electrons. The number of Topliss-reactive ketones (excluding diaryl/α,β-unsaturated/α-hetero) is 2. The van der Waals surface area contributed by atoms with Gasteiger partial charge in [0.2, 0.25) is 0 Å². The summed E-state index contributed by atoms with van der Waals surface area (Å²) in [7, 11) is 1.62. The van der Waals surface area contributed by atoms with Crippen molar-refractivity contribution >= 4 is 11.6 Å². The van der Waals surface area contributed by atoms with Crippen LogP contribution in [0.4, 0.5) is 0 Å². The van der Waals surface area contributed by atoms with Gasteiger partial charge in [0.15, 0.2) is 23.1 Å². The SMILES string of the molecule is CCOc1ccc(C2C3=C(CCCC3=O)N(CC)C3=C2C(=O)CCC3)cc1OC. The molecule has 29 heavy (non-hydrogen) atoms. The minimum absolute atomic E-state index is 0.174. The maximum atomic E-state index is 13.1. The molecular formula is C24H29NO4. The predicted molar refractivity (Wildman–Crippen MR) is 111 cm³/mol. The van der Waals surface area contributed by atoms with E-state index in [1.807, 2.05) is 25.1 Å². The molecule has 1 aliphatic heterocycles. The van der Waals surface area contributed by atoms with E-state index in [0.29, 0.717) is 30.9 Å². The van der Waals surface area contributed by atoms with Gasteiger partial charge in [-0.05, 0) is 57.2 Å². The van der Waals surface area contributed by atoms with E-state index in [2.05, 4.69) is 11.8 Å². The van der Waals surface area contributed by atoms with Crippen LogP contribution in [0.3, 0.4) is 0 Å². The van der Waals surface area contributed by atoms with Crippen molar-refractivity contribution in [3.05, 3.63) is 46.3 Å². The van der Waals surface area contributed by atoms with Crippen LogP contribution in [0.25, 0.3) is 0 Å². The minimum Gasteiger partial charge on any atom is -0.493 e. The Morgan fingerprint density at radius 3 is 2.07 bits per heavy atom. The molecule has 1 heterocycles. The highest BCUT2D eigenvalue weighted by molar-refractivity contribution is 6.06. The first-order valence-corrected chi connectivity index (χ1v) is 10.7. The van der Waals surface area contributed by atoms with E-state index in [9.17, 15) is 9.59 Å². The van der Waals surface area contributed by atoms with Crippen molar-refractivity contribution in [1.29, 1.82) is 0 Å². The number of rotatable bonds is 5. The van der Waals surface area contributed by atoms with Gasteiger partial charge in [-0.2, -0.15) is 0 Å². The molecule has 0 bridgehead atoms. The van der Waals surface area contributed by atoms with E-state index in [0.717, 1.165) is 60.3 Å². The van der Waals surface area contributed by atoms with Gasteiger partial charge in [0.05, 0.1) is 13.7 Å². The molecule has 5 nitrogen and oxygen atoms in total. The summed E-state index contributed by atoms with van der Waals surface area (Å²) >= 11 is 0. The molecular weight excluding hydrogens is 366 g/mol. The van der Waals surface area contributed by atoms with Crippen LogP contribution in [0, 0.1) is 0 Å². The summed E-state index contributed by atoms with van der Waals surface area (Å²) in [6, 6.07) is 5.82. The van der Waals surface area contributed by atoms with E-state index in [1.165, 1.54) is 0 Å². The number of ether oxygens (including phenoxy) is 2. The largest absolute Gasteiger partial charge is 0.493 e. The average molecular weight is 395 g/mol. The monoisotopic (exact) mass is 395 g/mol. The summed E-state index contributed by atoms with van der Waals surface area (Å²) in [5.41, 5.74) is 4.81. The molecule has 0 fully saturated rings. The average Bonchev–Trinajstić information content (AvgIpc) is 2.73. The maximum Gasteiger partial charge on any atom is 0.161 e. The Bertz CT molecular complexity index is 867. The van der Waals surface area contributed by atoms with E-state index in [-0.39, 0.29) is 17.5 Å². The Labute approximate surface area is 172 Å². The number of carbonyl (C=O) groups excluding carboxylic acids is 2. The number of ketones is 2. The van der Waals surface area contributed by atoms with Crippen molar-refractivity contribution in [2.24, 2.45) is 0 Å². The summed E-state index contributed by atoms with van der Waals surface area (Å²) < 4.78 is 11.2. The predicted octanol–water partition coefficient (Wildman–Crippen LogP) is 4.53. The fraction of sp³-hybridized carbons (Fsp3) is 0.500. The number of carbonyl (C=O) groups is 2. The van der Waals surface area contributed by atoms with Crippen LogP contribution in [0.2, 0.25) is 0 Å². The molecule has 0 aromatic heterocycles. The fourth-order valence-corrected chi connectivity index (χ4v) is 5.07. The molecule has 3 aliphatic rings. The lowest BCUT2D eigenvalue weighted by Crippen LogP contribution is -2.39. The van der Waals surface area contributed by atoms with Crippen LogP contribution >= 0.6 is 0 Å². The lowest BCUT2D eigenvalue weighted by molar-refractivity contribution is -0.117. The van der Waals surface area contributed by atoms with Gasteiger partial charge in [-0.3, -0.25) is 9.59 Å². The van der Waals surface area contributed by atoms with E-state index >= 15 is 0 Å². The van der Waals surface area contributed by atoms with Gasteiger partial charge in [-0.1, -0.05) is 6.07 Å². The van der Waals surface area contributed by atoms with E-state index in [1.54, 1.807) is 7.11 Å². The summed E-state index contributed by atoms with van der Waals surface area (Å²) in [4.78, 5) is 28.5. The van der Waals surface area contributed by atoms with Gasteiger partial charge in [0.1, 0.15) is 0 Å². The molecule has 0 saturated heterocycles. The molecule has 4 rings (SSSR count). The van der Waals surface area contributed by atoms with E-state index < -0.39 is 0 Å². The van der Waals surface area contributed by atoms with Crippen molar-refractivity contribution < 1.29 is 19.1 Å². The number of hydrogen-bond acceptors (Lipinski definition) is 5. The number of benzene rings is 1. The molecule has 0 unspecified atom stereocenters. The first kappa shape index (κ1) is 19.7. The summed E-state index contributed by atoms with van der Waals surface area (Å²) in [5, 5.41) is 0. The highest BCUT2D eigenvalue weighted by Gasteiger charge is 2.42. The Morgan fingerprint density at radius 2 is 1.55 bits per heavy atom. The number of methoxy groups -OCH3 is 1. The van der Waals surface area contributed by atoms with Crippen molar-refractivity contribution in [3.63, 3.8) is 0 Å². The van der Waals surface area contributed by atoms with Crippen LogP contribution in [-0.2, 0) is 9.59 Å². The van der Waals surface area contributed by atoms with Crippen LogP contribution in [0.15, 0.2) is 40.7 Å². The van der Waals surface area contributed by atoms with Crippen molar-refractivity contribution in [1.82, 2.24) is 4.90 Å². The quantitative estimate of drug-likeness (QED) is 0.733. The van der Waals surface area contributed by atoms with Crippen molar-refractivity contribution in [2.45, 2.75) is 58.3 Å². The Kier molecular flexibility index (Phi) is 5.48. The second kappa shape index (κ2) is 8.05. The van der Waals surface area contributed by atoms with Crippen molar-refractivity contribution in [3.8, 4) is 11.5 Å². The highest BCUT2D eigenvalue weighted by Crippen LogP contribution is 2.49. The lowest BCUT2D eigenvalue weighted by Gasteiger charge is -2.43. The van der Waals surface area contributed by atoms with Crippen LogP contribution in [0.1, 0.15) is 63.9 Å². The summed E-state index contributed by atoms with van der Waals surface area (Å²) in [5.74, 6) is 1.36. The Balaban J connectivity index is 1.92. The zero-order chi connectivity index (χ0) is 20.5. The Morgan fingerprint density at radius 1 is 0.931 bits per heavy atom. The number of hydrogen-bond donors (Lipinski definition) is 0. The van der Waals surface area contributed by atoms with Crippen LogP contribution < -0.4 is 9.47 Å². The van der Waals surface area contributed by atoms with Crippen LogP contribution in [-0.4, -0.2) is 36.7 Å². The smallest absolute Gasteiger partial charge is 0.161 e. The third-order valence-electron chi connectivity index (χ3n) is 6.22. The summed E-state index contributed by atoms with van der Waals surface area (Å²) in [6.07, 6.45) is 4.65. The van der Waals surface area contributed by atoms with Crippen LogP contribution in [0.5, 0.6) is 11.5 Å². The Hall–Kier alpha value is -2.56. The molecule has 0 radical (unpaired) electrons.